The monoisotopic (exact) mass is 361 g/mol. The summed E-state index contributed by atoms with van der Waals surface area (Å²) in [5.74, 6) is -0.349. The SMILES string of the molecule is O=S(=O)(Oc1cccc2cc(N3CCOCC3)ccc12)C(F)(F)F. The maximum Gasteiger partial charge on any atom is 0.534 e. The van der Waals surface area contributed by atoms with Crippen LogP contribution < -0.4 is 9.08 Å². The van der Waals surface area contributed by atoms with E-state index in [1.54, 1.807) is 24.3 Å². The van der Waals surface area contributed by atoms with E-state index in [-0.39, 0.29) is 5.75 Å². The molecular weight excluding hydrogens is 347 g/mol. The normalized spacial score (nSPS) is 16.4. The molecule has 0 aromatic heterocycles. The van der Waals surface area contributed by atoms with Crippen LogP contribution in [0.2, 0.25) is 0 Å². The van der Waals surface area contributed by atoms with Crippen LogP contribution in [-0.2, 0) is 14.9 Å². The quantitative estimate of drug-likeness (QED) is 0.622. The number of alkyl halides is 3. The third-order valence-electron chi connectivity index (χ3n) is 3.68. The van der Waals surface area contributed by atoms with Crippen molar-refractivity contribution in [1.29, 1.82) is 0 Å². The third kappa shape index (κ3) is 3.27. The smallest absolute Gasteiger partial charge is 0.378 e. The van der Waals surface area contributed by atoms with Crippen molar-refractivity contribution in [3.63, 3.8) is 0 Å². The minimum Gasteiger partial charge on any atom is -0.378 e. The summed E-state index contributed by atoms with van der Waals surface area (Å²) < 4.78 is 69.5. The average molecular weight is 361 g/mol. The summed E-state index contributed by atoms with van der Waals surface area (Å²) in [6.45, 7) is 2.63. The van der Waals surface area contributed by atoms with Gasteiger partial charge in [-0.3, -0.25) is 0 Å². The Kier molecular flexibility index (Phi) is 4.31. The van der Waals surface area contributed by atoms with Crippen LogP contribution in [0.4, 0.5) is 18.9 Å². The van der Waals surface area contributed by atoms with Crippen molar-refractivity contribution in [3.05, 3.63) is 36.4 Å². The van der Waals surface area contributed by atoms with Gasteiger partial charge in [-0.25, -0.2) is 0 Å². The Morgan fingerprint density at radius 3 is 2.46 bits per heavy atom. The second-order valence-corrected chi connectivity index (χ2v) is 6.78. The van der Waals surface area contributed by atoms with Gasteiger partial charge < -0.3 is 13.8 Å². The summed E-state index contributed by atoms with van der Waals surface area (Å²) in [6.07, 6.45) is 0. The summed E-state index contributed by atoms with van der Waals surface area (Å²) in [5, 5.41) is 0.885. The molecule has 130 valence electrons. The molecule has 1 aliphatic rings. The van der Waals surface area contributed by atoms with Crippen molar-refractivity contribution in [1.82, 2.24) is 0 Å². The molecule has 1 aliphatic heterocycles. The summed E-state index contributed by atoms with van der Waals surface area (Å²) in [7, 11) is -5.70. The Hall–Kier alpha value is -2.00. The highest BCUT2D eigenvalue weighted by Crippen LogP contribution is 2.33. The largest absolute Gasteiger partial charge is 0.534 e. The molecule has 0 radical (unpaired) electrons. The maximum atomic E-state index is 12.5. The van der Waals surface area contributed by atoms with Gasteiger partial charge in [-0.15, -0.1) is 0 Å². The number of hydrogen-bond donors (Lipinski definition) is 0. The Bertz CT molecular complexity index is 845. The zero-order chi connectivity index (χ0) is 17.4. The summed E-state index contributed by atoms with van der Waals surface area (Å²) in [5.41, 5.74) is -4.58. The lowest BCUT2D eigenvalue weighted by Crippen LogP contribution is -2.36. The van der Waals surface area contributed by atoms with Gasteiger partial charge in [0.25, 0.3) is 0 Å². The molecule has 0 unspecified atom stereocenters. The van der Waals surface area contributed by atoms with Crippen molar-refractivity contribution in [2.24, 2.45) is 0 Å². The highest BCUT2D eigenvalue weighted by atomic mass is 32.2. The molecule has 1 fully saturated rings. The van der Waals surface area contributed by atoms with Gasteiger partial charge in [0.05, 0.1) is 13.2 Å². The van der Waals surface area contributed by atoms with E-state index in [0.29, 0.717) is 37.1 Å². The number of halogens is 3. The first-order chi connectivity index (χ1) is 11.3. The number of hydrogen-bond acceptors (Lipinski definition) is 5. The van der Waals surface area contributed by atoms with E-state index >= 15 is 0 Å². The maximum absolute atomic E-state index is 12.5. The van der Waals surface area contributed by atoms with Crippen molar-refractivity contribution < 1.29 is 30.5 Å². The highest BCUT2D eigenvalue weighted by molar-refractivity contribution is 7.88. The van der Waals surface area contributed by atoms with Gasteiger partial charge in [0.2, 0.25) is 0 Å². The number of fused-ring (bicyclic) bond motifs is 1. The van der Waals surface area contributed by atoms with Gasteiger partial charge in [-0.1, -0.05) is 12.1 Å². The molecule has 1 heterocycles. The van der Waals surface area contributed by atoms with Crippen molar-refractivity contribution in [2.45, 2.75) is 5.51 Å². The first-order valence-electron chi connectivity index (χ1n) is 7.14. The number of morpholine rings is 1. The fourth-order valence-electron chi connectivity index (χ4n) is 2.50. The lowest BCUT2D eigenvalue weighted by atomic mass is 10.1. The summed E-state index contributed by atoms with van der Waals surface area (Å²) >= 11 is 0. The molecule has 0 saturated carbocycles. The Morgan fingerprint density at radius 1 is 1.08 bits per heavy atom. The fourth-order valence-corrected chi connectivity index (χ4v) is 2.97. The standard InChI is InChI=1S/C15H14F3NO4S/c16-15(17,18)24(20,21)23-14-3-1-2-11-10-12(4-5-13(11)14)19-6-8-22-9-7-19/h1-5,10H,6-9H2. The number of anilines is 1. The highest BCUT2D eigenvalue weighted by Gasteiger charge is 2.48. The number of ether oxygens (including phenoxy) is 1. The Morgan fingerprint density at radius 2 is 1.79 bits per heavy atom. The van der Waals surface area contributed by atoms with Crippen molar-refractivity contribution in [3.8, 4) is 5.75 Å². The number of rotatable bonds is 3. The predicted molar refractivity (Wildman–Crippen MR) is 82.6 cm³/mol. The van der Waals surface area contributed by atoms with Crippen LogP contribution in [0.25, 0.3) is 10.8 Å². The molecule has 9 heteroatoms. The second-order valence-electron chi connectivity index (χ2n) is 5.24. The van der Waals surface area contributed by atoms with E-state index in [9.17, 15) is 21.6 Å². The van der Waals surface area contributed by atoms with Gasteiger partial charge in [0.15, 0.2) is 5.75 Å². The van der Waals surface area contributed by atoms with Crippen LogP contribution in [-0.4, -0.2) is 40.2 Å². The molecule has 24 heavy (non-hydrogen) atoms. The first kappa shape index (κ1) is 16.8. The molecule has 0 spiro atoms. The number of benzene rings is 2. The van der Waals surface area contributed by atoms with E-state index in [4.69, 9.17) is 4.74 Å². The van der Waals surface area contributed by atoms with Gasteiger partial charge in [-0.2, -0.15) is 21.6 Å². The average Bonchev–Trinajstić information content (AvgIpc) is 2.54. The van der Waals surface area contributed by atoms with Crippen LogP contribution in [0.3, 0.4) is 0 Å². The molecule has 3 rings (SSSR count). The summed E-state index contributed by atoms with van der Waals surface area (Å²) in [4.78, 5) is 2.09. The zero-order valence-electron chi connectivity index (χ0n) is 12.4. The molecule has 0 amide bonds. The van der Waals surface area contributed by atoms with Gasteiger partial charge in [-0.05, 0) is 29.7 Å². The molecule has 2 aromatic carbocycles. The van der Waals surface area contributed by atoms with Crippen molar-refractivity contribution >= 4 is 26.6 Å². The van der Waals surface area contributed by atoms with Crippen LogP contribution in [0, 0.1) is 0 Å². The van der Waals surface area contributed by atoms with E-state index in [1.807, 2.05) is 0 Å². The van der Waals surface area contributed by atoms with Crippen LogP contribution in [0.15, 0.2) is 36.4 Å². The molecular formula is C15H14F3NO4S. The van der Waals surface area contributed by atoms with E-state index in [2.05, 4.69) is 9.08 Å². The Labute approximate surface area is 136 Å². The predicted octanol–water partition coefficient (Wildman–Crippen LogP) is 2.90. The molecule has 0 N–H and O–H groups in total. The molecule has 0 bridgehead atoms. The van der Waals surface area contributed by atoms with Gasteiger partial charge in [0.1, 0.15) is 0 Å². The molecule has 0 atom stereocenters. The fraction of sp³-hybridized carbons (Fsp3) is 0.333. The Balaban J connectivity index is 1.96. The molecule has 2 aromatic rings. The third-order valence-corrected chi connectivity index (χ3v) is 4.65. The van der Waals surface area contributed by atoms with Gasteiger partial charge >= 0.3 is 15.6 Å². The zero-order valence-corrected chi connectivity index (χ0v) is 13.2. The molecule has 1 saturated heterocycles. The van der Waals surface area contributed by atoms with E-state index < -0.39 is 15.6 Å². The van der Waals surface area contributed by atoms with E-state index in [0.717, 1.165) is 5.69 Å². The first-order valence-corrected chi connectivity index (χ1v) is 8.55. The van der Waals surface area contributed by atoms with Crippen LogP contribution in [0.5, 0.6) is 5.75 Å². The second kappa shape index (κ2) is 6.14. The lowest BCUT2D eigenvalue weighted by molar-refractivity contribution is -0.0499. The van der Waals surface area contributed by atoms with E-state index in [1.165, 1.54) is 12.1 Å². The number of nitrogens with zero attached hydrogens (tertiary/aromatic N) is 1. The van der Waals surface area contributed by atoms with Crippen LogP contribution in [0.1, 0.15) is 0 Å². The minimum absolute atomic E-state index is 0.294. The molecule has 0 aliphatic carbocycles. The lowest BCUT2D eigenvalue weighted by Gasteiger charge is -2.29. The topological polar surface area (TPSA) is 55.8 Å². The molecule has 5 nitrogen and oxygen atoms in total. The van der Waals surface area contributed by atoms with Crippen LogP contribution >= 0.6 is 0 Å². The minimum atomic E-state index is -5.70. The van der Waals surface area contributed by atoms with Gasteiger partial charge in [0, 0.05) is 24.2 Å². The summed E-state index contributed by atoms with van der Waals surface area (Å²) in [6, 6.07) is 9.40. The van der Waals surface area contributed by atoms with Crippen molar-refractivity contribution in [2.75, 3.05) is 31.2 Å².